The number of carbonyl (C=O) groups excluding carboxylic acids is 1. The Morgan fingerprint density at radius 1 is 1.52 bits per heavy atom. The van der Waals surface area contributed by atoms with Gasteiger partial charge in [-0.3, -0.25) is 9.67 Å². The SMILES string of the molecule is Cn1cc(NC(=O)N(Cc2cccnc2)CC2CCCO2)cn1. The van der Waals surface area contributed by atoms with Crippen LogP contribution in [0.15, 0.2) is 36.9 Å². The van der Waals surface area contributed by atoms with Crippen LogP contribution < -0.4 is 5.32 Å². The minimum Gasteiger partial charge on any atom is -0.376 e. The number of urea groups is 1. The van der Waals surface area contributed by atoms with Crippen LogP contribution in [0.3, 0.4) is 0 Å². The van der Waals surface area contributed by atoms with Gasteiger partial charge in [0.25, 0.3) is 0 Å². The molecule has 0 aromatic carbocycles. The first-order chi connectivity index (χ1) is 11.2. The Balaban J connectivity index is 1.68. The van der Waals surface area contributed by atoms with Crippen molar-refractivity contribution in [3.63, 3.8) is 0 Å². The molecule has 3 rings (SSSR count). The lowest BCUT2D eigenvalue weighted by atomic mass is 10.2. The van der Waals surface area contributed by atoms with Gasteiger partial charge in [-0.2, -0.15) is 5.10 Å². The summed E-state index contributed by atoms with van der Waals surface area (Å²) in [5, 5.41) is 6.95. The van der Waals surface area contributed by atoms with Gasteiger partial charge in [-0.15, -0.1) is 0 Å². The highest BCUT2D eigenvalue weighted by atomic mass is 16.5. The number of nitrogens with zero attached hydrogens (tertiary/aromatic N) is 4. The molecule has 0 aliphatic carbocycles. The summed E-state index contributed by atoms with van der Waals surface area (Å²) in [5.74, 6) is 0. The number of anilines is 1. The van der Waals surface area contributed by atoms with Crippen LogP contribution in [-0.4, -0.2) is 45.0 Å². The van der Waals surface area contributed by atoms with Crippen LogP contribution in [0.5, 0.6) is 0 Å². The van der Waals surface area contributed by atoms with Gasteiger partial charge < -0.3 is 15.0 Å². The standard InChI is InChI=1S/C16H21N5O2/c1-20-11-14(9-18-20)19-16(22)21(12-15-5-3-7-23-15)10-13-4-2-6-17-8-13/h2,4,6,8-9,11,15H,3,5,7,10,12H2,1H3,(H,19,22). The number of amides is 2. The van der Waals surface area contributed by atoms with Gasteiger partial charge in [0.05, 0.1) is 18.0 Å². The van der Waals surface area contributed by atoms with E-state index in [1.165, 1.54) is 0 Å². The van der Waals surface area contributed by atoms with Crippen LogP contribution in [0.4, 0.5) is 10.5 Å². The minimum atomic E-state index is -0.155. The van der Waals surface area contributed by atoms with Gasteiger partial charge in [0.1, 0.15) is 0 Å². The van der Waals surface area contributed by atoms with Crippen LogP contribution in [0.25, 0.3) is 0 Å². The van der Waals surface area contributed by atoms with E-state index in [1.807, 2.05) is 19.2 Å². The number of rotatable bonds is 5. The molecule has 1 aliphatic rings. The van der Waals surface area contributed by atoms with Crippen molar-refractivity contribution in [3.8, 4) is 0 Å². The van der Waals surface area contributed by atoms with Gasteiger partial charge in [0.2, 0.25) is 0 Å². The van der Waals surface area contributed by atoms with Crippen LogP contribution >= 0.6 is 0 Å². The summed E-state index contributed by atoms with van der Waals surface area (Å²) < 4.78 is 7.33. The highest BCUT2D eigenvalue weighted by Gasteiger charge is 2.23. The molecule has 0 bridgehead atoms. The molecule has 1 N–H and O–H groups in total. The smallest absolute Gasteiger partial charge is 0.322 e. The van der Waals surface area contributed by atoms with Crippen molar-refractivity contribution in [3.05, 3.63) is 42.5 Å². The highest BCUT2D eigenvalue weighted by molar-refractivity contribution is 5.89. The molecular formula is C16H21N5O2. The molecule has 1 atom stereocenters. The Hall–Kier alpha value is -2.41. The largest absolute Gasteiger partial charge is 0.376 e. The van der Waals surface area contributed by atoms with Gasteiger partial charge in [-0.25, -0.2) is 4.79 Å². The molecule has 1 aliphatic heterocycles. The number of ether oxygens (including phenoxy) is 1. The zero-order valence-electron chi connectivity index (χ0n) is 13.2. The van der Waals surface area contributed by atoms with Crippen LogP contribution in [0.2, 0.25) is 0 Å². The third-order valence-electron chi connectivity index (χ3n) is 3.79. The molecule has 1 unspecified atom stereocenters. The molecular weight excluding hydrogens is 294 g/mol. The second-order valence-corrected chi connectivity index (χ2v) is 5.71. The van der Waals surface area contributed by atoms with E-state index in [0.717, 1.165) is 25.0 Å². The van der Waals surface area contributed by atoms with E-state index < -0.39 is 0 Å². The average molecular weight is 315 g/mol. The second-order valence-electron chi connectivity index (χ2n) is 5.71. The third-order valence-corrected chi connectivity index (χ3v) is 3.79. The molecule has 23 heavy (non-hydrogen) atoms. The number of hydrogen-bond acceptors (Lipinski definition) is 4. The van der Waals surface area contributed by atoms with Crippen molar-refractivity contribution < 1.29 is 9.53 Å². The molecule has 0 saturated carbocycles. The Morgan fingerprint density at radius 3 is 3.09 bits per heavy atom. The van der Waals surface area contributed by atoms with Crippen LogP contribution in [-0.2, 0) is 18.3 Å². The summed E-state index contributed by atoms with van der Waals surface area (Å²) in [6, 6.07) is 3.68. The first-order valence-corrected chi connectivity index (χ1v) is 7.76. The lowest BCUT2D eigenvalue weighted by Gasteiger charge is -2.25. The third kappa shape index (κ3) is 4.29. The number of pyridine rings is 1. The van der Waals surface area contributed by atoms with Gasteiger partial charge in [-0.1, -0.05) is 6.07 Å². The first-order valence-electron chi connectivity index (χ1n) is 7.76. The van der Waals surface area contributed by atoms with Gasteiger partial charge >= 0.3 is 6.03 Å². The van der Waals surface area contributed by atoms with E-state index in [2.05, 4.69) is 15.4 Å². The maximum absolute atomic E-state index is 12.6. The van der Waals surface area contributed by atoms with Crippen molar-refractivity contribution >= 4 is 11.7 Å². The lowest BCUT2D eigenvalue weighted by molar-refractivity contribution is 0.0819. The summed E-state index contributed by atoms with van der Waals surface area (Å²) in [6.45, 7) is 1.84. The summed E-state index contributed by atoms with van der Waals surface area (Å²) in [6.07, 6.45) is 9.05. The van der Waals surface area contributed by atoms with E-state index >= 15 is 0 Å². The van der Waals surface area contributed by atoms with Crippen molar-refractivity contribution in [1.29, 1.82) is 0 Å². The summed E-state index contributed by atoms with van der Waals surface area (Å²) in [4.78, 5) is 18.5. The lowest BCUT2D eigenvalue weighted by Crippen LogP contribution is -2.39. The molecule has 7 nitrogen and oxygen atoms in total. The second kappa shape index (κ2) is 7.23. The number of nitrogens with one attached hydrogen (secondary N) is 1. The molecule has 2 amide bonds. The van der Waals surface area contributed by atoms with Crippen LogP contribution in [0.1, 0.15) is 18.4 Å². The maximum Gasteiger partial charge on any atom is 0.322 e. The van der Waals surface area contributed by atoms with Gasteiger partial charge in [0, 0.05) is 45.3 Å². The Labute approximate surface area is 135 Å². The van der Waals surface area contributed by atoms with Crippen molar-refractivity contribution in [2.75, 3.05) is 18.5 Å². The summed E-state index contributed by atoms with van der Waals surface area (Å²) >= 11 is 0. The van der Waals surface area contributed by atoms with Crippen molar-refractivity contribution in [1.82, 2.24) is 19.7 Å². The van der Waals surface area contributed by atoms with E-state index in [4.69, 9.17) is 4.74 Å². The topological polar surface area (TPSA) is 72.3 Å². The molecule has 1 saturated heterocycles. The van der Waals surface area contributed by atoms with Gasteiger partial charge in [-0.05, 0) is 24.5 Å². The predicted octanol–water partition coefficient (Wildman–Crippen LogP) is 2.03. The first kappa shape index (κ1) is 15.5. The minimum absolute atomic E-state index is 0.103. The van der Waals surface area contributed by atoms with Crippen molar-refractivity contribution in [2.24, 2.45) is 7.05 Å². The Kier molecular flexibility index (Phi) is 4.87. The van der Waals surface area contributed by atoms with Crippen molar-refractivity contribution in [2.45, 2.75) is 25.5 Å². The van der Waals surface area contributed by atoms with E-state index in [-0.39, 0.29) is 12.1 Å². The summed E-state index contributed by atoms with van der Waals surface area (Å²) in [5.41, 5.74) is 1.67. The van der Waals surface area contributed by atoms with Gasteiger partial charge in [0.15, 0.2) is 0 Å². The van der Waals surface area contributed by atoms with E-state index in [0.29, 0.717) is 18.8 Å². The molecule has 7 heteroatoms. The predicted molar refractivity (Wildman–Crippen MR) is 85.8 cm³/mol. The zero-order chi connectivity index (χ0) is 16.1. The Bertz CT molecular complexity index is 637. The molecule has 2 aromatic rings. The number of carbonyl (C=O) groups is 1. The summed E-state index contributed by atoms with van der Waals surface area (Å²) in [7, 11) is 1.81. The Morgan fingerprint density at radius 2 is 2.43 bits per heavy atom. The number of aromatic nitrogens is 3. The maximum atomic E-state index is 12.6. The zero-order valence-corrected chi connectivity index (χ0v) is 13.2. The molecule has 1 fully saturated rings. The highest BCUT2D eigenvalue weighted by Crippen LogP contribution is 2.16. The fraction of sp³-hybridized carbons (Fsp3) is 0.438. The fourth-order valence-corrected chi connectivity index (χ4v) is 2.65. The number of aryl methyl sites for hydroxylation is 1. The fourth-order valence-electron chi connectivity index (χ4n) is 2.65. The average Bonchev–Trinajstić information content (AvgIpc) is 3.19. The molecule has 3 heterocycles. The normalized spacial score (nSPS) is 17.2. The number of hydrogen-bond donors (Lipinski definition) is 1. The quantitative estimate of drug-likeness (QED) is 0.916. The monoisotopic (exact) mass is 315 g/mol. The molecule has 0 spiro atoms. The molecule has 0 radical (unpaired) electrons. The van der Waals surface area contributed by atoms with E-state index in [1.54, 1.807) is 34.4 Å². The molecule has 2 aromatic heterocycles. The van der Waals surface area contributed by atoms with Crippen LogP contribution in [0, 0.1) is 0 Å². The molecule has 122 valence electrons. The van der Waals surface area contributed by atoms with E-state index in [9.17, 15) is 4.79 Å².